The summed E-state index contributed by atoms with van der Waals surface area (Å²) in [6, 6.07) is 15.8. The highest BCUT2D eigenvalue weighted by Gasteiger charge is 2.21. The van der Waals surface area contributed by atoms with Crippen LogP contribution in [0.3, 0.4) is 0 Å². The number of aromatic nitrogens is 3. The Labute approximate surface area is 219 Å². The SMILES string of the molecule is O=C1CN(C(=O)c2ccc3cn[nH]c3n2)CCCCNC(=O)c2cccc(c2)-c2cc(ccc2O)CCN1. The molecule has 3 heterocycles. The molecule has 2 aromatic heterocycles. The van der Waals surface area contributed by atoms with E-state index in [0.29, 0.717) is 55.7 Å². The summed E-state index contributed by atoms with van der Waals surface area (Å²) in [7, 11) is 0. The number of phenolic OH excluding ortho intramolecular Hbond substituents is 1. The van der Waals surface area contributed by atoms with Gasteiger partial charge in [0.15, 0.2) is 5.65 Å². The molecule has 2 aromatic carbocycles. The smallest absolute Gasteiger partial charge is 0.273 e. The number of pyridine rings is 1. The average molecular weight is 513 g/mol. The Morgan fingerprint density at radius 3 is 2.71 bits per heavy atom. The number of carbonyl (C=O) groups is 3. The van der Waals surface area contributed by atoms with E-state index in [1.807, 2.05) is 12.1 Å². The van der Waals surface area contributed by atoms with Crippen molar-refractivity contribution in [2.24, 2.45) is 0 Å². The molecule has 5 rings (SSSR count). The van der Waals surface area contributed by atoms with Crippen LogP contribution in [-0.4, -0.2) is 69.1 Å². The van der Waals surface area contributed by atoms with Crippen molar-refractivity contribution >= 4 is 28.8 Å². The fourth-order valence-electron chi connectivity index (χ4n) is 4.47. The van der Waals surface area contributed by atoms with Crippen molar-refractivity contribution in [3.63, 3.8) is 0 Å². The molecule has 4 bridgehead atoms. The van der Waals surface area contributed by atoms with E-state index >= 15 is 0 Å². The molecule has 1 aliphatic heterocycles. The molecule has 38 heavy (non-hydrogen) atoms. The summed E-state index contributed by atoms with van der Waals surface area (Å²) in [5.41, 5.74) is 3.49. The molecule has 3 amide bonds. The zero-order valence-electron chi connectivity index (χ0n) is 20.7. The van der Waals surface area contributed by atoms with Crippen LogP contribution in [0, 0.1) is 0 Å². The van der Waals surface area contributed by atoms with Gasteiger partial charge in [-0.05, 0) is 66.8 Å². The molecule has 0 aliphatic carbocycles. The second kappa shape index (κ2) is 11.1. The lowest BCUT2D eigenvalue weighted by Crippen LogP contribution is -2.42. The van der Waals surface area contributed by atoms with Crippen LogP contribution in [-0.2, 0) is 11.2 Å². The van der Waals surface area contributed by atoms with Gasteiger partial charge in [0.05, 0.1) is 12.7 Å². The van der Waals surface area contributed by atoms with Crippen LogP contribution in [0.4, 0.5) is 0 Å². The van der Waals surface area contributed by atoms with Crippen molar-refractivity contribution in [1.29, 1.82) is 0 Å². The maximum Gasteiger partial charge on any atom is 0.273 e. The van der Waals surface area contributed by atoms with Crippen molar-refractivity contribution in [2.45, 2.75) is 19.3 Å². The molecule has 10 heteroatoms. The van der Waals surface area contributed by atoms with Gasteiger partial charge in [-0.1, -0.05) is 18.2 Å². The number of phenols is 1. The van der Waals surface area contributed by atoms with Crippen molar-refractivity contribution in [1.82, 2.24) is 30.7 Å². The molecule has 4 N–H and O–H groups in total. The molecule has 0 radical (unpaired) electrons. The standard InChI is InChI=1S/C28H28N6O4/c35-24-9-6-18-10-12-29-25(36)17-34(28(38)23-8-7-21-16-31-33-26(21)32-23)13-2-1-11-30-27(37)20-5-3-4-19(15-20)22(24)14-18/h3-9,14-16,35H,1-2,10-13,17H2,(H,29,36)(H,30,37)(H,31,32,33). The van der Waals surface area contributed by atoms with Crippen molar-refractivity contribution in [2.75, 3.05) is 26.2 Å². The normalized spacial score (nSPS) is 15.3. The summed E-state index contributed by atoms with van der Waals surface area (Å²) in [5, 5.41) is 23.8. The van der Waals surface area contributed by atoms with Gasteiger partial charge in [-0.15, -0.1) is 0 Å². The Hall–Kier alpha value is -4.73. The van der Waals surface area contributed by atoms with Gasteiger partial charge in [-0.3, -0.25) is 19.5 Å². The lowest BCUT2D eigenvalue weighted by molar-refractivity contribution is -0.121. The molecule has 10 nitrogen and oxygen atoms in total. The molecule has 194 valence electrons. The van der Waals surface area contributed by atoms with Gasteiger partial charge in [0, 0.05) is 36.1 Å². The first kappa shape index (κ1) is 24.9. The minimum Gasteiger partial charge on any atom is -0.507 e. The van der Waals surface area contributed by atoms with Crippen LogP contribution < -0.4 is 10.6 Å². The van der Waals surface area contributed by atoms with Crippen molar-refractivity contribution in [3.05, 3.63) is 77.6 Å². The summed E-state index contributed by atoms with van der Waals surface area (Å²) in [5.74, 6) is -0.731. The molecule has 0 atom stereocenters. The number of nitrogens with zero attached hydrogens (tertiary/aromatic N) is 3. The molecular weight excluding hydrogens is 484 g/mol. The van der Waals surface area contributed by atoms with Gasteiger partial charge < -0.3 is 20.6 Å². The first-order chi connectivity index (χ1) is 18.5. The van der Waals surface area contributed by atoms with Crippen LogP contribution in [0.15, 0.2) is 60.8 Å². The number of H-pyrrole nitrogens is 1. The number of nitrogens with one attached hydrogen (secondary N) is 3. The van der Waals surface area contributed by atoms with E-state index in [1.165, 1.54) is 4.90 Å². The lowest BCUT2D eigenvalue weighted by Gasteiger charge is -2.22. The predicted molar refractivity (Wildman–Crippen MR) is 142 cm³/mol. The monoisotopic (exact) mass is 512 g/mol. The third-order valence-corrected chi connectivity index (χ3v) is 6.51. The number of carbonyl (C=O) groups excluding carboxylic acids is 3. The lowest BCUT2D eigenvalue weighted by atomic mass is 9.98. The Morgan fingerprint density at radius 1 is 0.947 bits per heavy atom. The summed E-state index contributed by atoms with van der Waals surface area (Å²) in [6.45, 7) is 1.00. The number of benzene rings is 2. The van der Waals surface area contributed by atoms with Gasteiger partial charge in [-0.25, -0.2) is 4.98 Å². The Morgan fingerprint density at radius 2 is 1.82 bits per heavy atom. The number of hydrogen-bond donors (Lipinski definition) is 4. The van der Waals surface area contributed by atoms with Gasteiger partial charge >= 0.3 is 0 Å². The molecule has 1 aliphatic rings. The molecular formula is C28H28N6O4. The van der Waals surface area contributed by atoms with Crippen molar-refractivity contribution in [3.8, 4) is 16.9 Å². The van der Waals surface area contributed by atoms with Crippen molar-refractivity contribution < 1.29 is 19.5 Å². The molecule has 0 fully saturated rings. The summed E-state index contributed by atoms with van der Waals surface area (Å²) < 4.78 is 0. The summed E-state index contributed by atoms with van der Waals surface area (Å²) >= 11 is 0. The minimum absolute atomic E-state index is 0.112. The highest BCUT2D eigenvalue weighted by Crippen LogP contribution is 2.30. The molecule has 4 aromatic rings. The molecule has 0 saturated heterocycles. The predicted octanol–water partition coefficient (Wildman–Crippen LogP) is 2.66. The van der Waals surface area contributed by atoms with Gasteiger partial charge in [0.25, 0.3) is 11.8 Å². The molecule has 0 spiro atoms. The average Bonchev–Trinajstić information content (AvgIpc) is 3.40. The maximum absolute atomic E-state index is 13.3. The number of fused-ring (bicyclic) bond motifs is 6. The van der Waals surface area contributed by atoms with Crippen LogP contribution in [0.25, 0.3) is 22.2 Å². The maximum atomic E-state index is 13.3. The second-order valence-electron chi connectivity index (χ2n) is 9.23. The quantitative estimate of drug-likeness (QED) is 0.309. The van der Waals surface area contributed by atoms with Crippen LogP contribution in [0.1, 0.15) is 39.3 Å². The van der Waals surface area contributed by atoms with E-state index in [9.17, 15) is 19.5 Å². The Balaban J connectivity index is 1.36. The topological polar surface area (TPSA) is 140 Å². The van der Waals surface area contributed by atoms with Gasteiger partial charge in [0.2, 0.25) is 5.91 Å². The third-order valence-electron chi connectivity index (χ3n) is 6.51. The highest BCUT2D eigenvalue weighted by atomic mass is 16.3. The molecule has 0 saturated carbocycles. The first-order valence-corrected chi connectivity index (χ1v) is 12.5. The van der Waals surface area contributed by atoms with E-state index in [2.05, 4.69) is 25.8 Å². The number of rotatable bonds is 1. The van der Waals surface area contributed by atoms with Crippen LogP contribution >= 0.6 is 0 Å². The van der Waals surface area contributed by atoms with E-state index in [-0.39, 0.29) is 35.7 Å². The highest BCUT2D eigenvalue weighted by molar-refractivity contribution is 5.97. The Kier molecular flexibility index (Phi) is 7.30. The number of aromatic hydroxyl groups is 1. The van der Waals surface area contributed by atoms with Crippen LogP contribution in [0.5, 0.6) is 5.75 Å². The Bertz CT molecular complexity index is 1500. The summed E-state index contributed by atoms with van der Waals surface area (Å²) in [6.07, 6.45) is 3.37. The van der Waals surface area contributed by atoms with E-state index in [1.54, 1.807) is 48.7 Å². The molecule has 0 unspecified atom stereocenters. The zero-order chi connectivity index (χ0) is 26.5. The third kappa shape index (κ3) is 5.64. The van der Waals surface area contributed by atoms with Crippen LogP contribution in [0.2, 0.25) is 0 Å². The minimum atomic E-state index is -0.352. The fraction of sp³-hybridized carbons (Fsp3) is 0.250. The first-order valence-electron chi connectivity index (χ1n) is 12.5. The number of amides is 3. The van der Waals surface area contributed by atoms with Gasteiger partial charge in [-0.2, -0.15) is 5.10 Å². The fourth-order valence-corrected chi connectivity index (χ4v) is 4.47. The largest absolute Gasteiger partial charge is 0.507 e. The van der Waals surface area contributed by atoms with E-state index < -0.39 is 0 Å². The summed E-state index contributed by atoms with van der Waals surface area (Å²) in [4.78, 5) is 44.7. The van der Waals surface area contributed by atoms with E-state index in [4.69, 9.17) is 0 Å². The zero-order valence-corrected chi connectivity index (χ0v) is 20.7. The number of hydrogen-bond acceptors (Lipinski definition) is 6. The number of aromatic amines is 1. The second-order valence-corrected chi connectivity index (χ2v) is 9.23. The van der Waals surface area contributed by atoms with E-state index in [0.717, 1.165) is 16.5 Å². The van der Waals surface area contributed by atoms with Gasteiger partial charge in [0.1, 0.15) is 11.4 Å².